The Morgan fingerprint density at radius 3 is 2.25 bits per heavy atom. The van der Waals surface area contributed by atoms with Crippen LogP contribution in [0.25, 0.3) is 0 Å². The van der Waals surface area contributed by atoms with Gasteiger partial charge in [0.2, 0.25) is 0 Å². The summed E-state index contributed by atoms with van der Waals surface area (Å²) in [6.07, 6.45) is 0.858. The fourth-order valence-electron chi connectivity index (χ4n) is 1.04. The molecule has 0 amide bonds. The molecule has 0 saturated carbocycles. The van der Waals surface area contributed by atoms with Crippen molar-refractivity contribution in [3.05, 3.63) is 0 Å². The molecule has 1 N–H and O–H groups in total. The summed E-state index contributed by atoms with van der Waals surface area (Å²) in [6.45, 7) is 3.88. The lowest BCUT2D eigenvalue weighted by Gasteiger charge is -2.04. The highest BCUT2D eigenvalue weighted by molar-refractivity contribution is 4.75. The van der Waals surface area contributed by atoms with Crippen LogP contribution in [0.3, 0.4) is 0 Å². The molecule has 0 aromatic rings. The summed E-state index contributed by atoms with van der Waals surface area (Å²) in [6, 6.07) is 0. The van der Waals surface area contributed by atoms with Crippen molar-refractivity contribution in [2.75, 3.05) is 0 Å². The van der Waals surface area contributed by atoms with Crippen LogP contribution in [0.2, 0.25) is 0 Å². The molecule has 48 valence electrons. The molecule has 0 aromatic heterocycles. The third kappa shape index (κ3) is 1.01. The maximum absolute atomic E-state index is 9.04. The van der Waals surface area contributed by atoms with E-state index in [1.165, 1.54) is 0 Å². The second-order valence-electron chi connectivity index (χ2n) is 2.45. The molecule has 0 radical (unpaired) electrons. The van der Waals surface area contributed by atoms with Gasteiger partial charge in [0.25, 0.3) is 0 Å². The van der Waals surface area contributed by atoms with Gasteiger partial charge in [-0.1, -0.05) is 0 Å². The van der Waals surface area contributed by atoms with Crippen LogP contribution >= 0.6 is 0 Å². The number of ether oxygens (including phenoxy) is 1. The molecule has 1 aliphatic rings. The highest BCUT2D eigenvalue weighted by atomic mass is 16.5. The molecule has 1 heterocycles. The number of rotatable bonds is 0. The highest BCUT2D eigenvalue weighted by Crippen LogP contribution is 2.18. The first-order valence-electron chi connectivity index (χ1n) is 3.03. The van der Waals surface area contributed by atoms with Gasteiger partial charge in [-0.25, -0.2) is 0 Å². The molecule has 0 aromatic carbocycles. The smallest absolute Gasteiger partial charge is 0.0823 e. The zero-order valence-electron chi connectivity index (χ0n) is 5.29. The number of hydrogen-bond acceptors (Lipinski definition) is 2. The summed E-state index contributed by atoms with van der Waals surface area (Å²) in [5, 5.41) is 9.04. The molecule has 1 unspecified atom stereocenters. The normalized spacial score (nSPS) is 47.6. The van der Waals surface area contributed by atoms with Gasteiger partial charge >= 0.3 is 0 Å². The topological polar surface area (TPSA) is 29.5 Å². The zero-order chi connectivity index (χ0) is 6.15. The van der Waals surface area contributed by atoms with Gasteiger partial charge in [-0.15, -0.1) is 0 Å². The summed E-state index contributed by atoms with van der Waals surface area (Å²) >= 11 is 0. The Balaban J connectivity index is 2.39. The number of aliphatic hydroxyl groups is 1. The number of aliphatic hydroxyl groups excluding tert-OH is 1. The Labute approximate surface area is 49.5 Å². The van der Waals surface area contributed by atoms with Gasteiger partial charge in [0, 0.05) is 6.42 Å². The van der Waals surface area contributed by atoms with Crippen LogP contribution in [0, 0.1) is 0 Å². The van der Waals surface area contributed by atoms with Crippen LogP contribution in [-0.4, -0.2) is 23.4 Å². The van der Waals surface area contributed by atoms with Crippen molar-refractivity contribution in [2.24, 2.45) is 0 Å². The number of hydrogen-bond donors (Lipinski definition) is 1. The predicted molar refractivity (Wildman–Crippen MR) is 30.6 cm³/mol. The third-order valence-corrected chi connectivity index (χ3v) is 1.56. The van der Waals surface area contributed by atoms with E-state index < -0.39 is 0 Å². The van der Waals surface area contributed by atoms with E-state index in [4.69, 9.17) is 9.84 Å². The van der Waals surface area contributed by atoms with E-state index in [0.29, 0.717) is 0 Å². The average Bonchev–Trinajstić information content (AvgIpc) is 1.85. The molecule has 0 spiro atoms. The Morgan fingerprint density at radius 1 is 1.50 bits per heavy atom. The fourth-order valence-corrected chi connectivity index (χ4v) is 1.04. The lowest BCUT2D eigenvalue weighted by Crippen LogP contribution is -2.15. The molecular formula is C6H12O2. The third-order valence-electron chi connectivity index (χ3n) is 1.56. The van der Waals surface area contributed by atoms with E-state index in [2.05, 4.69) is 0 Å². The standard InChI is InChI=1S/C6H12O2/c1-4-3-6(7)5(2)8-4/h4-7H,3H2,1-2H3/t4?,5-,6+/m0/s1. The Kier molecular flexibility index (Phi) is 1.54. The molecule has 8 heavy (non-hydrogen) atoms. The van der Waals surface area contributed by atoms with Crippen LogP contribution in [0.1, 0.15) is 20.3 Å². The van der Waals surface area contributed by atoms with Crippen molar-refractivity contribution in [2.45, 2.75) is 38.6 Å². The molecule has 1 aliphatic heterocycles. The maximum atomic E-state index is 9.04. The predicted octanol–water partition coefficient (Wildman–Crippen LogP) is 0.545. The van der Waals surface area contributed by atoms with Gasteiger partial charge in [-0.2, -0.15) is 0 Å². The molecule has 1 saturated heterocycles. The first-order chi connectivity index (χ1) is 3.70. The van der Waals surface area contributed by atoms with Gasteiger partial charge in [-0.3, -0.25) is 0 Å². The Morgan fingerprint density at radius 2 is 2.12 bits per heavy atom. The van der Waals surface area contributed by atoms with E-state index in [0.717, 1.165) is 6.42 Å². The largest absolute Gasteiger partial charge is 0.390 e. The molecule has 0 aliphatic carbocycles. The van der Waals surface area contributed by atoms with Gasteiger partial charge in [-0.05, 0) is 13.8 Å². The molecule has 1 rings (SSSR count). The van der Waals surface area contributed by atoms with E-state index >= 15 is 0 Å². The van der Waals surface area contributed by atoms with E-state index in [-0.39, 0.29) is 18.3 Å². The summed E-state index contributed by atoms with van der Waals surface area (Å²) in [7, 11) is 0. The van der Waals surface area contributed by atoms with Gasteiger partial charge in [0.05, 0.1) is 18.3 Å². The van der Waals surface area contributed by atoms with Gasteiger partial charge < -0.3 is 9.84 Å². The summed E-state index contributed by atoms with van der Waals surface area (Å²) in [4.78, 5) is 0. The minimum atomic E-state index is -0.231. The van der Waals surface area contributed by atoms with Crippen LogP contribution in [0.4, 0.5) is 0 Å². The molecule has 2 nitrogen and oxygen atoms in total. The summed E-state index contributed by atoms with van der Waals surface area (Å²) in [5.74, 6) is 0. The van der Waals surface area contributed by atoms with Gasteiger partial charge in [0.1, 0.15) is 0 Å². The molecule has 1 fully saturated rings. The summed E-state index contributed by atoms with van der Waals surface area (Å²) in [5.41, 5.74) is 0. The van der Waals surface area contributed by atoms with Crippen molar-refractivity contribution in [3.63, 3.8) is 0 Å². The van der Waals surface area contributed by atoms with Crippen molar-refractivity contribution in [1.82, 2.24) is 0 Å². The summed E-state index contributed by atoms with van der Waals surface area (Å²) < 4.78 is 5.22. The lowest BCUT2D eigenvalue weighted by atomic mass is 10.2. The molecule has 0 bridgehead atoms. The Bertz CT molecular complexity index is 72.6. The minimum absolute atomic E-state index is 0.0463. The van der Waals surface area contributed by atoms with Crippen LogP contribution < -0.4 is 0 Å². The van der Waals surface area contributed by atoms with Crippen LogP contribution in [0.5, 0.6) is 0 Å². The van der Waals surface area contributed by atoms with Crippen LogP contribution in [-0.2, 0) is 4.74 Å². The van der Waals surface area contributed by atoms with Gasteiger partial charge in [0.15, 0.2) is 0 Å². The van der Waals surface area contributed by atoms with Crippen molar-refractivity contribution < 1.29 is 9.84 Å². The Hall–Kier alpha value is -0.0800. The monoisotopic (exact) mass is 116 g/mol. The van der Waals surface area contributed by atoms with E-state index in [1.54, 1.807) is 0 Å². The highest BCUT2D eigenvalue weighted by Gasteiger charge is 2.26. The molecule has 2 heteroatoms. The zero-order valence-corrected chi connectivity index (χ0v) is 5.29. The first kappa shape index (κ1) is 6.05. The van der Waals surface area contributed by atoms with Crippen molar-refractivity contribution in [1.29, 1.82) is 0 Å². The first-order valence-corrected chi connectivity index (χ1v) is 3.03. The van der Waals surface area contributed by atoms with Crippen molar-refractivity contribution >= 4 is 0 Å². The second-order valence-corrected chi connectivity index (χ2v) is 2.45. The van der Waals surface area contributed by atoms with E-state index in [1.807, 2.05) is 13.8 Å². The SMILES string of the molecule is CC1C[C@@H](O)[C@H](C)O1. The second kappa shape index (κ2) is 2.03. The quantitative estimate of drug-likeness (QED) is 0.500. The van der Waals surface area contributed by atoms with E-state index in [9.17, 15) is 0 Å². The minimum Gasteiger partial charge on any atom is -0.390 e. The molecular weight excluding hydrogens is 104 g/mol. The maximum Gasteiger partial charge on any atom is 0.0823 e. The molecule has 3 atom stereocenters. The fraction of sp³-hybridized carbons (Fsp3) is 1.00. The lowest BCUT2D eigenvalue weighted by molar-refractivity contribution is 0.0287. The average molecular weight is 116 g/mol. The van der Waals surface area contributed by atoms with Crippen molar-refractivity contribution in [3.8, 4) is 0 Å². The van der Waals surface area contributed by atoms with Crippen LogP contribution in [0.15, 0.2) is 0 Å².